The van der Waals surface area contributed by atoms with Gasteiger partial charge in [-0.15, -0.1) is 0 Å². The Morgan fingerprint density at radius 2 is 1.55 bits per heavy atom. The van der Waals surface area contributed by atoms with Gasteiger partial charge in [-0.05, 0) is 60.6 Å². The van der Waals surface area contributed by atoms with E-state index in [1.165, 1.54) is 5.69 Å². The van der Waals surface area contributed by atoms with Crippen LogP contribution >= 0.6 is 0 Å². The standard InChI is InChI=1S/C26H29N3O2/c1-2-28-16-18-29(19-17-28)24-12-10-23(11-13-24)27-26(30)22-8-14-25(15-9-22)31-20-21-6-4-3-5-7-21/h3-15H,2,16-20H2,1H3,(H,27,30). The molecule has 0 unspecified atom stereocenters. The van der Waals surface area contributed by atoms with E-state index in [1.807, 2.05) is 54.6 Å². The Hall–Kier alpha value is -3.31. The van der Waals surface area contributed by atoms with Crippen LogP contribution in [0.5, 0.6) is 5.75 Å². The molecular weight excluding hydrogens is 386 g/mol. The minimum Gasteiger partial charge on any atom is -0.489 e. The number of hydrogen-bond donors (Lipinski definition) is 1. The quantitative estimate of drug-likeness (QED) is 0.610. The van der Waals surface area contributed by atoms with Crippen molar-refractivity contribution in [2.45, 2.75) is 13.5 Å². The van der Waals surface area contributed by atoms with Gasteiger partial charge in [0.2, 0.25) is 0 Å². The summed E-state index contributed by atoms with van der Waals surface area (Å²) in [6, 6.07) is 25.4. The highest BCUT2D eigenvalue weighted by Crippen LogP contribution is 2.21. The van der Waals surface area contributed by atoms with Gasteiger partial charge in [0, 0.05) is 43.1 Å². The predicted octanol–water partition coefficient (Wildman–Crippen LogP) is 4.66. The number of nitrogens with zero attached hydrogens (tertiary/aromatic N) is 2. The Morgan fingerprint density at radius 3 is 2.19 bits per heavy atom. The van der Waals surface area contributed by atoms with E-state index in [1.54, 1.807) is 12.1 Å². The van der Waals surface area contributed by atoms with E-state index >= 15 is 0 Å². The van der Waals surface area contributed by atoms with Crippen molar-refractivity contribution in [2.24, 2.45) is 0 Å². The fraction of sp³-hybridized carbons (Fsp3) is 0.269. The van der Waals surface area contributed by atoms with Crippen molar-refractivity contribution in [3.8, 4) is 5.75 Å². The van der Waals surface area contributed by atoms with Crippen LogP contribution < -0.4 is 15.0 Å². The average Bonchev–Trinajstić information content (AvgIpc) is 2.84. The Balaban J connectivity index is 1.29. The zero-order valence-electron chi connectivity index (χ0n) is 18.0. The number of likely N-dealkylation sites (N-methyl/N-ethyl adjacent to an activating group) is 1. The number of nitrogens with one attached hydrogen (secondary N) is 1. The lowest BCUT2D eigenvalue weighted by Gasteiger charge is -2.35. The molecular formula is C26H29N3O2. The third-order valence-electron chi connectivity index (χ3n) is 5.67. The fourth-order valence-corrected chi connectivity index (χ4v) is 3.72. The molecule has 0 spiro atoms. The van der Waals surface area contributed by atoms with Gasteiger partial charge in [0.25, 0.3) is 5.91 Å². The average molecular weight is 416 g/mol. The lowest BCUT2D eigenvalue weighted by molar-refractivity contribution is 0.102. The zero-order chi connectivity index (χ0) is 21.5. The van der Waals surface area contributed by atoms with Gasteiger partial charge in [0.1, 0.15) is 12.4 Å². The first-order valence-corrected chi connectivity index (χ1v) is 10.9. The molecule has 1 heterocycles. The highest BCUT2D eigenvalue weighted by atomic mass is 16.5. The molecule has 3 aromatic carbocycles. The molecule has 5 heteroatoms. The predicted molar refractivity (Wildman–Crippen MR) is 126 cm³/mol. The van der Waals surface area contributed by atoms with Gasteiger partial charge >= 0.3 is 0 Å². The molecule has 1 amide bonds. The molecule has 1 N–H and O–H groups in total. The van der Waals surface area contributed by atoms with Gasteiger partial charge in [0.05, 0.1) is 0 Å². The molecule has 3 aromatic rings. The van der Waals surface area contributed by atoms with Crippen LogP contribution in [0.15, 0.2) is 78.9 Å². The van der Waals surface area contributed by atoms with Crippen LogP contribution in [0.4, 0.5) is 11.4 Å². The minimum atomic E-state index is -0.126. The number of amides is 1. The van der Waals surface area contributed by atoms with E-state index in [4.69, 9.17) is 4.74 Å². The highest BCUT2D eigenvalue weighted by Gasteiger charge is 2.15. The van der Waals surface area contributed by atoms with Crippen molar-refractivity contribution in [2.75, 3.05) is 42.9 Å². The number of benzene rings is 3. The monoisotopic (exact) mass is 415 g/mol. The van der Waals surface area contributed by atoms with Gasteiger partial charge in [0.15, 0.2) is 0 Å². The van der Waals surface area contributed by atoms with Gasteiger partial charge in [-0.3, -0.25) is 4.79 Å². The largest absolute Gasteiger partial charge is 0.489 e. The molecule has 0 saturated carbocycles. The summed E-state index contributed by atoms with van der Waals surface area (Å²) >= 11 is 0. The molecule has 0 atom stereocenters. The SMILES string of the molecule is CCN1CCN(c2ccc(NC(=O)c3ccc(OCc4ccccc4)cc3)cc2)CC1. The van der Waals surface area contributed by atoms with Crippen molar-refractivity contribution in [3.05, 3.63) is 90.0 Å². The summed E-state index contributed by atoms with van der Waals surface area (Å²) in [4.78, 5) is 17.4. The van der Waals surface area contributed by atoms with Crippen LogP contribution in [0.25, 0.3) is 0 Å². The molecule has 0 aliphatic carbocycles. The first kappa shape index (κ1) is 20.9. The van der Waals surface area contributed by atoms with Crippen molar-refractivity contribution in [3.63, 3.8) is 0 Å². The molecule has 31 heavy (non-hydrogen) atoms. The number of carbonyl (C=O) groups is 1. The number of rotatable bonds is 7. The summed E-state index contributed by atoms with van der Waals surface area (Å²) < 4.78 is 5.79. The van der Waals surface area contributed by atoms with Gasteiger partial charge in [-0.2, -0.15) is 0 Å². The Labute approximate surface area is 184 Å². The summed E-state index contributed by atoms with van der Waals surface area (Å²) in [5, 5.41) is 2.98. The molecule has 1 aliphatic heterocycles. The molecule has 0 radical (unpaired) electrons. The molecule has 1 aliphatic rings. The van der Waals surface area contributed by atoms with E-state index < -0.39 is 0 Å². The van der Waals surface area contributed by atoms with Crippen LogP contribution in [0.3, 0.4) is 0 Å². The second-order valence-corrected chi connectivity index (χ2v) is 7.72. The van der Waals surface area contributed by atoms with E-state index in [0.29, 0.717) is 12.2 Å². The fourth-order valence-electron chi connectivity index (χ4n) is 3.72. The van der Waals surface area contributed by atoms with Crippen molar-refractivity contribution < 1.29 is 9.53 Å². The third kappa shape index (κ3) is 5.64. The van der Waals surface area contributed by atoms with E-state index in [0.717, 1.165) is 49.7 Å². The lowest BCUT2D eigenvalue weighted by Crippen LogP contribution is -2.46. The molecule has 0 bridgehead atoms. The maximum Gasteiger partial charge on any atom is 0.255 e. The zero-order valence-corrected chi connectivity index (χ0v) is 18.0. The van der Waals surface area contributed by atoms with Crippen LogP contribution in [0.2, 0.25) is 0 Å². The molecule has 0 aromatic heterocycles. The summed E-state index contributed by atoms with van der Waals surface area (Å²) in [7, 11) is 0. The Kier molecular flexibility index (Phi) is 6.85. The number of carbonyl (C=O) groups excluding carboxylic acids is 1. The highest BCUT2D eigenvalue weighted by molar-refractivity contribution is 6.04. The lowest BCUT2D eigenvalue weighted by atomic mass is 10.2. The van der Waals surface area contributed by atoms with Crippen LogP contribution in [0, 0.1) is 0 Å². The summed E-state index contributed by atoms with van der Waals surface area (Å²) in [6.45, 7) is 8.10. The van der Waals surface area contributed by atoms with E-state index in [-0.39, 0.29) is 5.91 Å². The Bertz CT molecular complexity index is 964. The van der Waals surface area contributed by atoms with Crippen molar-refractivity contribution in [1.29, 1.82) is 0 Å². The van der Waals surface area contributed by atoms with E-state index in [2.05, 4.69) is 34.2 Å². The summed E-state index contributed by atoms with van der Waals surface area (Å²) in [5.41, 5.74) is 3.71. The molecule has 5 nitrogen and oxygen atoms in total. The molecule has 160 valence electrons. The van der Waals surface area contributed by atoms with Gasteiger partial charge in [-0.1, -0.05) is 37.3 Å². The van der Waals surface area contributed by atoms with E-state index in [9.17, 15) is 4.79 Å². The number of anilines is 2. The smallest absolute Gasteiger partial charge is 0.255 e. The summed E-state index contributed by atoms with van der Waals surface area (Å²) in [6.07, 6.45) is 0. The maximum atomic E-state index is 12.6. The number of piperazine rings is 1. The maximum absolute atomic E-state index is 12.6. The van der Waals surface area contributed by atoms with Crippen LogP contribution in [-0.2, 0) is 6.61 Å². The molecule has 4 rings (SSSR count). The normalized spacial score (nSPS) is 14.3. The summed E-state index contributed by atoms with van der Waals surface area (Å²) in [5.74, 6) is 0.617. The second kappa shape index (κ2) is 10.1. The molecule has 1 fully saturated rings. The second-order valence-electron chi connectivity index (χ2n) is 7.72. The first-order chi connectivity index (χ1) is 15.2. The Morgan fingerprint density at radius 1 is 0.871 bits per heavy atom. The van der Waals surface area contributed by atoms with Crippen LogP contribution in [-0.4, -0.2) is 43.5 Å². The molecule has 1 saturated heterocycles. The topological polar surface area (TPSA) is 44.8 Å². The number of ether oxygens (including phenoxy) is 1. The van der Waals surface area contributed by atoms with Crippen LogP contribution in [0.1, 0.15) is 22.8 Å². The van der Waals surface area contributed by atoms with Crippen molar-refractivity contribution >= 4 is 17.3 Å². The van der Waals surface area contributed by atoms with Gasteiger partial charge in [-0.25, -0.2) is 0 Å². The van der Waals surface area contributed by atoms with Gasteiger partial charge < -0.3 is 19.9 Å². The van der Waals surface area contributed by atoms with Crippen molar-refractivity contribution in [1.82, 2.24) is 4.90 Å². The third-order valence-corrected chi connectivity index (χ3v) is 5.67. The minimum absolute atomic E-state index is 0.126. The first-order valence-electron chi connectivity index (χ1n) is 10.9. The number of hydrogen-bond acceptors (Lipinski definition) is 4.